The van der Waals surface area contributed by atoms with Gasteiger partial charge in [0.05, 0.1) is 0 Å². The molecular weight excluding hydrogens is 244 g/mol. The second-order valence-corrected chi connectivity index (χ2v) is 7.41. The highest BCUT2D eigenvalue weighted by atomic mass is 15.1. The molecule has 0 amide bonds. The lowest BCUT2D eigenvalue weighted by atomic mass is 9.96. The Morgan fingerprint density at radius 3 is 2.10 bits per heavy atom. The predicted molar refractivity (Wildman–Crippen MR) is 89.1 cm³/mol. The Morgan fingerprint density at radius 2 is 1.60 bits per heavy atom. The molecule has 1 N–H and O–H groups in total. The molecule has 1 aromatic rings. The summed E-state index contributed by atoms with van der Waals surface area (Å²) in [5.74, 6) is 0. The molecular formula is C18H32N2. The van der Waals surface area contributed by atoms with Crippen LogP contribution in [-0.2, 0) is 13.0 Å². The van der Waals surface area contributed by atoms with Crippen molar-refractivity contribution < 1.29 is 0 Å². The van der Waals surface area contributed by atoms with Crippen LogP contribution < -0.4 is 5.32 Å². The molecule has 2 heteroatoms. The molecule has 0 saturated heterocycles. The summed E-state index contributed by atoms with van der Waals surface area (Å²) in [7, 11) is 2.20. The maximum atomic E-state index is 3.46. The van der Waals surface area contributed by atoms with Crippen molar-refractivity contribution in [2.24, 2.45) is 5.41 Å². The topological polar surface area (TPSA) is 15.3 Å². The molecule has 0 spiro atoms. The maximum Gasteiger partial charge on any atom is 0.0230 e. The van der Waals surface area contributed by atoms with Gasteiger partial charge < -0.3 is 10.2 Å². The highest BCUT2D eigenvalue weighted by Crippen LogP contribution is 2.16. The molecule has 2 nitrogen and oxygen atoms in total. The second kappa shape index (κ2) is 7.80. The van der Waals surface area contributed by atoms with Gasteiger partial charge in [-0.1, -0.05) is 58.9 Å². The Bertz CT molecular complexity index is 373. The highest BCUT2D eigenvalue weighted by molar-refractivity contribution is 5.22. The molecule has 0 aromatic heterocycles. The van der Waals surface area contributed by atoms with Crippen molar-refractivity contribution >= 4 is 0 Å². The van der Waals surface area contributed by atoms with Gasteiger partial charge in [-0.15, -0.1) is 0 Å². The van der Waals surface area contributed by atoms with Crippen molar-refractivity contribution in [2.45, 2.75) is 53.6 Å². The number of nitrogens with one attached hydrogen (secondary N) is 1. The SMILES string of the molecule is CC(C)NCCc1ccc(CN(C)CC(C)(C)C)cc1. The van der Waals surface area contributed by atoms with Crippen LogP contribution in [-0.4, -0.2) is 31.1 Å². The summed E-state index contributed by atoms with van der Waals surface area (Å²) in [5, 5.41) is 3.46. The van der Waals surface area contributed by atoms with Crippen LogP contribution in [0, 0.1) is 5.41 Å². The van der Waals surface area contributed by atoms with Crippen LogP contribution in [0.25, 0.3) is 0 Å². The third-order valence-corrected chi connectivity index (χ3v) is 3.19. The van der Waals surface area contributed by atoms with Gasteiger partial charge in [0.2, 0.25) is 0 Å². The quantitative estimate of drug-likeness (QED) is 0.817. The van der Waals surface area contributed by atoms with Gasteiger partial charge in [0, 0.05) is 19.1 Å². The minimum absolute atomic E-state index is 0.358. The molecule has 20 heavy (non-hydrogen) atoms. The average molecular weight is 276 g/mol. The highest BCUT2D eigenvalue weighted by Gasteiger charge is 2.13. The van der Waals surface area contributed by atoms with E-state index < -0.39 is 0 Å². The summed E-state index contributed by atoms with van der Waals surface area (Å²) in [6.45, 7) is 14.4. The number of nitrogens with zero attached hydrogens (tertiary/aromatic N) is 1. The fourth-order valence-corrected chi connectivity index (χ4v) is 2.49. The second-order valence-electron chi connectivity index (χ2n) is 7.41. The number of benzene rings is 1. The van der Waals surface area contributed by atoms with Crippen LogP contribution in [0.15, 0.2) is 24.3 Å². The Balaban J connectivity index is 2.42. The summed E-state index contributed by atoms with van der Waals surface area (Å²) in [5.41, 5.74) is 3.18. The van der Waals surface area contributed by atoms with E-state index in [1.54, 1.807) is 0 Å². The van der Waals surface area contributed by atoms with Gasteiger partial charge in [-0.05, 0) is 36.6 Å². The molecule has 0 heterocycles. The smallest absolute Gasteiger partial charge is 0.0230 e. The van der Waals surface area contributed by atoms with Crippen LogP contribution in [0.1, 0.15) is 45.7 Å². The van der Waals surface area contributed by atoms with E-state index in [1.807, 2.05) is 0 Å². The van der Waals surface area contributed by atoms with Crippen molar-refractivity contribution in [3.8, 4) is 0 Å². The zero-order chi connectivity index (χ0) is 15.2. The van der Waals surface area contributed by atoms with Gasteiger partial charge in [-0.3, -0.25) is 0 Å². The van der Waals surface area contributed by atoms with E-state index in [4.69, 9.17) is 0 Å². The molecule has 0 atom stereocenters. The van der Waals surface area contributed by atoms with Crippen molar-refractivity contribution in [2.75, 3.05) is 20.1 Å². The minimum atomic E-state index is 0.358. The van der Waals surface area contributed by atoms with Gasteiger partial charge in [-0.25, -0.2) is 0 Å². The normalized spacial score (nSPS) is 12.4. The summed E-state index contributed by atoms with van der Waals surface area (Å²) >= 11 is 0. The van der Waals surface area contributed by atoms with Gasteiger partial charge in [0.1, 0.15) is 0 Å². The van der Waals surface area contributed by atoms with Gasteiger partial charge >= 0.3 is 0 Å². The van der Waals surface area contributed by atoms with Crippen LogP contribution in [0.2, 0.25) is 0 Å². The number of hydrogen-bond donors (Lipinski definition) is 1. The standard InChI is InChI=1S/C18H32N2/c1-15(2)19-12-11-16-7-9-17(10-8-16)13-20(6)14-18(3,4)5/h7-10,15,19H,11-14H2,1-6H3. The maximum absolute atomic E-state index is 3.46. The summed E-state index contributed by atoms with van der Waals surface area (Å²) < 4.78 is 0. The lowest BCUT2D eigenvalue weighted by molar-refractivity contribution is 0.221. The van der Waals surface area contributed by atoms with Crippen molar-refractivity contribution in [3.05, 3.63) is 35.4 Å². The first-order chi connectivity index (χ1) is 9.26. The molecule has 0 radical (unpaired) electrons. The largest absolute Gasteiger partial charge is 0.314 e. The van der Waals surface area contributed by atoms with E-state index in [0.29, 0.717) is 11.5 Å². The van der Waals surface area contributed by atoms with E-state index >= 15 is 0 Å². The third kappa shape index (κ3) is 7.66. The fraction of sp³-hybridized carbons (Fsp3) is 0.667. The molecule has 0 aliphatic rings. The van der Waals surface area contributed by atoms with Crippen LogP contribution in [0.4, 0.5) is 0 Å². The monoisotopic (exact) mass is 276 g/mol. The number of rotatable bonds is 7. The minimum Gasteiger partial charge on any atom is -0.314 e. The Hall–Kier alpha value is -0.860. The van der Waals surface area contributed by atoms with Crippen molar-refractivity contribution in [3.63, 3.8) is 0 Å². The first-order valence-electron chi connectivity index (χ1n) is 7.76. The summed E-state index contributed by atoms with van der Waals surface area (Å²) in [4.78, 5) is 2.40. The molecule has 114 valence electrons. The van der Waals surface area contributed by atoms with Crippen molar-refractivity contribution in [1.82, 2.24) is 10.2 Å². The molecule has 0 fully saturated rings. The Labute approximate surface area is 125 Å². The predicted octanol–water partition coefficient (Wildman–Crippen LogP) is 3.71. The lowest BCUT2D eigenvalue weighted by Gasteiger charge is -2.26. The van der Waals surface area contributed by atoms with Crippen LogP contribution >= 0.6 is 0 Å². The molecule has 1 rings (SSSR count). The van der Waals surface area contributed by atoms with E-state index in [1.165, 1.54) is 11.1 Å². The Morgan fingerprint density at radius 1 is 1.05 bits per heavy atom. The van der Waals surface area contributed by atoms with Crippen LogP contribution in [0.3, 0.4) is 0 Å². The van der Waals surface area contributed by atoms with Crippen LogP contribution in [0.5, 0.6) is 0 Å². The van der Waals surface area contributed by atoms with Crippen molar-refractivity contribution in [1.29, 1.82) is 0 Å². The third-order valence-electron chi connectivity index (χ3n) is 3.19. The zero-order valence-corrected chi connectivity index (χ0v) is 14.2. The fourth-order valence-electron chi connectivity index (χ4n) is 2.49. The molecule has 0 saturated carbocycles. The average Bonchev–Trinajstić information content (AvgIpc) is 2.28. The van der Waals surface area contributed by atoms with Gasteiger partial charge in [0.25, 0.3) is 0 Å². The molecule has 0 aliphatic carbocycles. The first-order valence-corrected chi connectivity index (χ1v) is 7.76. The van der Waals surface area contributed by atoms with E-state index in [9.17, 15) is 0 Å². The van der Waals surface area contributed by atoms with Gasteiger partial charge in [-0.2, -0.15) is 0 Å². The molecule has 1 aromatic carbocycles. The molecule has 0 aliphatic heterocycles. The van der Waals surface area contributed by atoms with E-state index in [0.717, 1.165) is 26.1 Å². The summed E-state index contributed by atoms with van der Waals surface area (Å²) in [6, 6.07) is 9.64. The van der Waals surface area contributed by atoms with Gasteiger partial charge in [0.15, 0.2) is 0 Å². The first kappa shape index (κ1) is 17.2. The molecule has 0 unspecified atom stereocenters. The Kier molecular flexibility index (Phi) is 6.70. The molecule has 0 bridgehead atoms. The summed E-state index contributed by atoms with van der Waals surface area (Å²) in [6.07, 6.45) is 1.11. The lowest BCUT2D eigenvalue weighted by Crippen LogP contribution is -2.28. The van der Waals surface area contributed by atoms with E-state index in [-0.39, 0.29) is 0 Å². The number of hydrogen-bond acceptors (Lipinski definition) is 2. The zero-order valence-electron chi connectivity index (χ0n) is 14.2. The van der Waals surface area contributed by atoms with E-state index in [2.05, 4.69) is 76.1 Å².